The van der Waals surface area contributed by atoms with Crippen LogP contribution >= 0.6 is 0 Å². The molecule has 2 rings (SSSR count). The second-order valence-corrected chi connectivity index (χ2v) is 4.34. The van der Waals surface area contributed by atoms with Crippen molar-refractivity contribution in [2.45, 2.75) is 18.9 Å². The van der Waals surface area contributed by atoms with E-state index in [1.54, 1.807) is 13.2 Å². The third-order valence-corrected chi connectivity index (χ3v) is 3.12. The molecule has 90 valence electrons. The lowest BCUT2D eigenvalue weighted by atomic mass is 10.0. The number of nitrogens with two attached hydrogens (primary N) is 1. The number of nitriles is 1. The van der Waals surface area contributed by atoms with Crippen molar-refractivity contribution in [2.75, 3.05) is 25.1 Å². The van der Waals surface area contributed by atoms with E-state index in [0.29, 0.717) is 5.56 Å². The van der Waals surface area contributed by atoms with Crippen LogP contribution in [-0.2, 0) is 0 Å². The molecule has 0 aliphatic carbocycles. The van der Waals surface area contributed by atoms with E-state index >= 15 is 0 Å². The van der Waals surface area contributed by atoms with Crippen molar-refractivity contribution in [3.8, 4) is 11.8 Å². The highest BCUT2D eigenvalue weighted by atomic mass is 16.5. The summed E-state index contributed by atoms with van der Waals surface area (Å²) < 4.78 is 5.20. The fourth-order valence-electron chi connectivity index (χ4n) is 2.22. The van der Waals surface area contributed by atoms with Crippen LogP contribution in [0, 0.1) is 11.3 Å². The Morgan fingerprint density at radius 1 is 1.53 bits per heavy atom. The summed E-state index contributed by atoms with van der Waals surface area (Å²) in [6.45, 7) is 1.76. The van der Waals surface area contributed by atoms with Crippen LogP contribution in [0.2, 0.25) is 0 Å². The van der Waals surface area contributed by atoms with Gasteiger partial charge < -0.3 is 15.4 Å². The van der Waals surface area contributed by atoms with E-state index in [0.717, 1.165) is 37.4 Å². The summed E-state index contributed by atoms with van der Waals surface area (Å²) in [5.74, 6) is 0.776. The normalized spacial score (nSPS) is 19.8. The van der Waals surface area contributed by atoms with Crippen molar-refractivity contribution in [1.82, 2.24) is 0 Å². The highest BCUT2D eigenvalue weighted by molar-refractivity contribution is 5.62. The van der Waals surface area contributed by atoms with Crippen molar-refractivity contribution in [2.24, 2.45) is 5.73 Å². The largest absolute Gasteiger partial charge is 0.497 e. The molecule has 1 fully saturated rings. The Kier molecular flexibility index (Phi) is 3.50. The summed E-state index contributed by atoms with van der Waals surface area (Å²) in [5, 5.41) is 9.13. The first-order valence-corrected chi connectivity index (χ1v) is 5.83. The minimum atomic E-state index is 0.196. The van der Waals surface area contributed by atoms with Gasteiger partial charge in [-0.1, -0.05) is 0 Å². The molecule has 1 saturated heterocycles. The van der Waals surface area contributed by atoms with Crippen LogP contribution in [0.4, 0.5) is 5.69 Å². The zero-order chi connectivity index (χ0) is 12.3. The Labute approximate surface area is 102 Å². The van der Waals surface area contributed by atoms with Gasteiger partial charge in [0, 0.05) is 25.2 Å². The molecule has 4 heteroatoms. The number of rotatable bonds is 2. The van der Waals surface area contributed by atoms with Crippen LogP contribution in [0.1, 0.15) is 18.4 Å². The molecule has 1 aliphatic heterocycles. The molecule has 4 nitrogen and oxygen atoms in total. The van der Waals surface area contributed by atoms with Crippen molar-refractivity contribution in [3.05, 3.63) is 23.8 Å². The summed E-state index contributed by atoms with van der Waals surface area (Å²) in [7, 11) is 1.63. The SMILES string of the molecule is COc1ccc(C#N)c(N2CCC[C@@H](N)C2)c1. The van der Waals surface area contributed by atoms with Crippen LogP contribution in [0.5, 0.6) is 5.75 Å². The van der Waals surface area contributed by atoms with E-state index in [-0.39, 0.29) is 6.04 Å². The number of benzene rings is 1. The summed E-state index contributed by atoms with van der Waals surface area (Å²) >= 11 is 0. The van der Waals surface area contributed by atoms with E-state index in [4.69, 9.17) is 15.7 Å². The predicted molar refractivity (Wildman–Crippen MR) is 67.1 cm³/mol. The monoisotopic (exact) mass is 231 g/mol. The molecule has 1 atom stereocenters. The summed E-state index contributed by atoms with van der Waals surface area (Å²) in [6, 6.07) is 7.94. The van der Waals surface area contributed by atoms with Gasteiger partial charge in [0.15, 0.2) is 0 Å². The van der Waals surface area contributed by atoms with Crippen molar-refractivity contribution < 1.29 is 4.74 Å². The Bertz CT molecular complexity index is 439. The van der Waals surface area contributed by atoms with E-state index < -0.39 is 0 Å². The van der Waals surface area contributed by atoms with E-state index in [1.807, 2.05) is 12.1 Å². The van der Waals surface area contributed by atoms with Gasteiger partial charge in [-0.3, -0.25) is 0 Å². The maximum atomic E-state index is 9.13. The van der Waals surface area contributed by atoms with Gasteiger partial charge in [-0.25, -0.2) is 0 Å². The lowest BCUT2D eigenvalue weighted by Gasteiger charge is -2.33. The average Bonchev–Trinajstić information content (AvgIpc) is 2.38. The summed E-state index contributed by atoms with van der Waals surface area (Å²) in [5.41, 5.74) is 7.58. The number of ether oxygens (including phenoxy) is 1. The molecule has 0 amide bonds. The molecule has 0 aromatic heterocycles. The first kappa shape index (κ1) is 11.7. The zero-order valence-corrected chi connectivity index (χ0v) is 10.0. The molecule has 1 aliphatic rings. The second kappa shape index (κ2) is 5.07. The molecule has 0 spiro atoms. The number of hydrogen-bond acceptors (Lipinski definition) is 4. The van der Waals surface area contributed by atoms with Gasteiger partial charge in [-0.05, 0) is 25.0 Å². The minimum absolute atomic E-state index is 0.196. The predicted octanol–water partition coefficient (Wildman–Crippen LogP) is 1.49. The molecular formula is C13H17N3O. The molecule has 2 N–H and O–H groups in total. The molecule has 1 aromatic carbocycles. The third kappa shape index (κ3) is 2.51. The van der Waals surface area contributed by atoms with Crippen LogP contribution in [0.15, 0.2) is 18.2 Å². The highest BCUT2D eigenvalue weighted by Crippen LogP contribution is 2.27. The fourth-order valence-corrected chi connectivity index (χ4v) is 2.22. The van der Waals surface area contributed by atoms with Crippen molar-refractivity contribution in [3.63, 3.8) is 0 Å². The Hall–Kier alpha value is -1.73. The Morgan fingerprint density at radius 3 is 3.00 bits per heavy atom. The van der Waals surface area contributed by atoms with Gasteiger partial charge in [-0.2, -0.15) is 5.26 Å². The van der Waals surface area contributed by atoms with Crippen molar-refractivity contribution >= 4 is 5.69 Å². The third-order valence-electron chi connectivity index (χ3n) is 3.12. The summed E-state index contributed by atoms with van der Waals surface area (Å²) in [4.78, 5) is 2.18. The first-order valence-electron chi connectivity index (χ1n) is 5.83. The Morgan fingerprint density at radius 2 is 2.35 bits per heavy atom. The molecule has 0 radical (unpaired) electrons. The lowest BCUT2D eigenvalue weighted by molar-refractivity contribution is 0.414. The average molecular weight is 231 g/mol. The van der Waals surface area contributed by atoms with E-state index in [2.05, 4.69) is 11.0 Å². The van der Waals surface area contributed by atoms with Gasteiger partial charge in [0.1, 0.15) is 11.8 Å². The van der Waals surface area contributed by atoms with E-state index in [9.17, 15) is 0 Å². The molecule has 0 saturated carbocycles. The maximum Gasteiger partial charge on any atom is 0.121 e. The molecule has 0 unspecified atom stereocenters. The Balaban J connectivity index is 2.32. The lowest BCUT2D eigenvalue weighted by Crippen LogP contribution is -2.43. The zero-order valence-electron chi connectivity index (χ0n) is 10.0. The van der Waals surface area contributed by atoms with Crippen LogP contribution in [0.3, 0.4) is 0 Å². The van der Waals surface area contributed by atoms with Crippen LogP contribution in [-0.4, -0.2) is 26.2 Å². The minimum Gasteiger partial charge on any atom is -0.497 e. The topological polar surface area (TPSA) is 62.3 Å². The van der Waals surface area contributed by atoms with Gasteiger partial charge >= 0.3 is 0 Å². The number of methoxy groups -OCH3 is 1. The smallest absolute Gasteiger partial charge is 0.121 e. The van der Waals surface area contributed by atoms with Gasteiger partial charge in [0.25, 0.3) is 0 Å². The first-order chi connectivity index (χ1) is 8.24. The molecule has 1 heterocycles. The van der Waals surface area contributed by atoms with Gasteiger partial charge in [-0.15, -0.1) is 0 Å². The maximum absolute atomic E-state index is 9.13. The van der Waals surface area contributed by atoms with Crippen LogP contribution < -0.4 is 15.4 Å². The molecule has 0 bridgehead atoms. The fraction of sp³-hybridized carbons (Fsp3) is 0.462. The molecular weight excluding hydrogens is 214 g/mol. The molecule has 1 aromatic rings. The standard InChI is InChI=1S/C13H17N3O/c1-17-12-5-4-10(8-14)13(7-12)16-6-2-3-11(15)9-16/h4-5,7,11H,2-3,6,9,15H2,1H3/t11-/m1/s1. The molecule has 17 heavy (non-hydrogen) atoms. The van der Waals surface area contributed by atoms with E-state index in [1.165, 1.54) is 0 Å². The van der Waals surface area contributed by atoms with Gasteiger partial charge in [0.2, 0.25) is 0 Å². The number of piperidine rings is 1. The highest BCUT2D eigenvalue weighted by Gasteiger charge is 2.19. The quantitative estimate of drug-likeness (QED) is 0.837. The summed E-state index contributed by atoms with van der Waals surface area (Å²) in [6.07, 6.45) is 2.13. The number of nitrogens with zero attached hydrogens (tertiary/aromatic N) is 2. The second-order valence-electron chi connectivity index (χ2n) is 4.34. The number of hydrogen-bond donors (Lipinski definition) is 1. The van der Waals surface area contributed by atoms with Gasteiger partial charge in [0.05, 0.1) is 18.4 Å². The number of anilines is 1. The van der Waals surface area contributed by atoms with Crippen LogP contribution in [0.25, 0.3) is 0 Å². The van der Waals surface area contributed by atoms with Crippen molar-refractivity contribution in [1.29, 1.82) is 5.26 Å².